The summed E-state index contributed by atoms with van der Waals surface area (Å²) in [5.74, 6) is 0.597. The third-order valence-corrected chi connectivity index (χ3v) is 2.10. The number of nitrogens with zero attached hydrogens (tertiary/aromatic N) is 1. The van der Waals surface area contributed by atoms with E-state index in [1.165, 1.54) is 0 Å². The summed E-state index contributed by atoms with van der Waals surface area (Å²) in [5.41, 5.74) is 0.813. The van der Waals surface area contributed by atoms with Crippen LogP contribution in [0, 0.1) is 0 Å². The van der Waals surface area contributed by atoms with E-state index in [-0.39, 0.29) is 5.54 Å². The first-order valence-corrected chi connectivity index (χ1v) is 4.78. The number of carbonyl (C=O) groups is 1. The molecule has 1 aromatic rings. The van der Waals surface area contributed by atoms with Crippen LogP contribution < -0.4 is 10.1 Å². The molecule has 1 amide bonds. The number of hydrogen-bond acceptors (Lipinski definition) is 3. The Hall–Kier alpha value is -1.58. The van der Waals surface area contributed by atoms with Gasteiger partial charge in [-0.05, 0) is 25.8 Å². The summed E-state index contributed by atoms with van der Waals surface area (Å²) in [6, 6.07) is 3.76. The van der Waals surface area contributed by atoms with Crippen molar-refractivity contribution < 1.29 is 9.53 Å². The van der Waals surface area contributed by atoms with Crippen molar-refractivity contribution in [1.82, 2.24) is 10.3 Å². The lowest BCUT2D eigenvalue weighted by atomic mass is 9.96. The van der Waals surface area contributed by atoms with Crippen molar-refractivity contribution in [2.45, 2.75) is 25.8 Å². The molecule has 0 saturated heterocycles. The molecule has 0 unspecified atom stereocenters. The van der Waals surface area contributed by atoms with Gasteiger partial charge in [0.15, 0.2) is 0 Å². The fourth-order valence-electron chi connectivity index (χ4n) is 1.36. The minimum Gasteiger partial charge on any atom is -0.481 e. The van der Waals surface area contributed by atoms with Crippen molar-refractivity contribution >= 4 is 6.41 Å². The number of amides is 1. The van der Waals surface area contributed by atoms with E-state index in [0.717, 1.165) is 18.4 Å². The lowest BCUT2D eigenvalue weighted by molar-refractivity contribution is -0.110. The van der Waals surface area contributed by atoms with Gasteiger partial charge >= 0.3 is 0 Å². The SMILES string of the molecule is COc1ccc(CC(C)(C)NC=O)cn1. The molecule has 0 bridgehead atoms. The first-order valence-electron chi connectivity index (χ1n) is 4.78. The van der Waals surface area contributed by atoms with Gasteiger partial charge in [-0.25, -0.2) is 4.98 Å². The molecular weight excluding hydrogens is 192 g/mol. The first kappa shape index (κ1) is 11.5. The van der Waals surface area contributed by atoms with Gasteiger partial charge in [0, 0.05) is 17.8 Å². The van der Waals surface area contributed by atoms with E-state index in [1.807, 2.05) is 26.0 Å². The van der Waals surface area contributed by atoms with Crippen LogP contribution >= 0.6 is 0 Å². The molecule has 1 N–H and O–H groups in total. The maximum atomic E-state index is 10.4. The molecule has 1 aromatic heterocycles. The van der Waals surface area contributed by atoms with Gasteiger partial charge in [0.25, 0.3) is 0 Å². The molecule has 0 aromatic carbocycles. The molecule has 1 heterocycles. The minimum absolute atomic E-state index is 0.252. The number of rotatable bonds is 5. The van der Waals surface area contributed by atoms with Crippen LogP contribution in [0.25, 0.3) is 0 Å². The number of hydrogen-bond donors (Lipinski definition) is 1. The monoisotopic (exact) mass is 208 g/mol. The van der Waals surface area contributed by atoms with Crippen molar-refractivity contribution in [2.24, 2.45) is 0 Å². The third kappa shape index (κ3) is 3.58. The lowest BCUT2D eigenvalue weighted by Crippen LogP contribution is -2.40. The van der Waals surface area contributed by atoms with Crippen LogP contribution in [-0.4, -0.2) is 24.0 Å². The summed E-state index contributed by atoms with van der Waals surface area (Å²) in [6.45, 7) is 3.93. The molecule has 4 heteroatoms. The van der Waals surface area contributed by atoms with Gasteiger partial charge in [-0.15, -0.1) is 0 Å². The van der Waals surface area contributed by atoms with Crippen LogP contribution in [0.2, 0.25) is 0 Å². The summed E-state index contributed by atoms with van der Waals surface area (Å²) in [4.78, 5) is 14.5. The van der Waals surface area contributed by atoms with Gasteiger partial charge in [0.1, 0.15) is 0 Å². The van der Waals surface area contributed by atoms with Crippen molar-refractivity contribution in [3.05, 3.63) is 23.9 Å². The summed E-state index contributed by atoms with van der Waals surface area (Å²) in [7, 11) is 1.58. The lowest BCUT2D eigenvalue weighted by Gasteiger charge is -2.23. The van der Waals surface area contributed by atoms with E-state index in [4.69, 9.17) is 4.74 Å². The highest BCUT2D eigenvalue weighted by molar-refractivity contribution is 5.47. The number of nitrogens with one attached hydrogen (secondary N) is 1. The minimum atomic E-state index is -0.252. The van der Waals surface area contributed by atoms with Crippen LogP contribution in [0.15, 0.2) is 18.3 Å². The van der Waals surface area contributed by atoms with Gasteiger partial charge in [-0.3, -0.25) is 4.79 Å². The van der Waals surface area contributed by atoms with Crippen molar-refractivity contribution in [1.29, 1.82) is 0 Å². The van der Waals surface area contributed by atoms with Crippen LogP contribution in [0.5, 0.6) is 5.88 Å². The maximum absolute atomic E-state index is 10.4. The van der Waals surface area contributed by atoms with E-state index < -0.39 is 0 Å². The molecule has 0 spiro atoms. The fourth-order valence-corrected chi connectivity index (χ4v) is 1.36. The molecule has 82 valence electrons. The molecule has 0 saturated carbocycles. The molecule has 0 aliphatic rings. The van der Waals surface area contributed by atoms with Crippen LogP contribution in [-0.2, 0) is 11.2 Å². The molecule has 0 radical (unpaired) electrons. The predicted octanol–water partition coefficient (Wildman–Crippen LogP) is 1.16. The van der Waals surface area contributed by atoms with Gasteiger partial charge in [0.2, 0.25) is 12.3 Å². The zero-order valence-electron chi connectivity index (χ0n) is 9.28. The number of aromatic nitrogens is 1. The summed E-state index contributed by atoms with van der Waals surface area (Å²) < 4.78 is 4.96. The van der Waals surface area contributed by atoms with Crippen LogP contribution in [0.3, 0.4) is 0 Å². The van der Waals surface area contributed by atoms with E-state index >= 15 is 0 Å². The second-order valence-corrected chi connectivity index (χ2v) is 4.03. The largest absolute Gasteiger partial charge is 0.481 e. The zero-order chi connectivity index (χ0) is 11.3. The summed E-state index contributed by atoms with van der Waals surface area (Å²) in [5, 5.41) is 2.76. The summed E-state index contributed by atoms with van der Waals surface area (Å²) >= 11 is 0. The molecule has 4 nitrogen and oxygen atoms in total. The van der Waals surface area contributed by atoms with Gasteiger partial charge in [0.05, 0.1) is 7.11 Å². The second-order valence-electron chi connectivity index (χ2n) is 4.03. The van der Waals surface area contributed by atoms with Crippen molar-refractivity contribution in [3.63, 3.8) is 0 Å². The number of methoxy groups -OCH3 is 1. The van der Waals surface area contributed by atoms with E-state index in [9.17, 15) is 4.79 Å². The molecule has 0 aliphatic carbocycles. The standard InChI is InChI=1S/C11H16N2O2/c1-11(2,13-8-14)6-9-4-5-10(15-3)12-7-9/h4-5,7-8H,6H2,1-3H3,(H,13,14). The second kappa shape index (κ2) is 4.77. The predicted molar refractivity (Wildman–Crippen MR) is 57.8 cm³/mol. The molecule has 0 atom stereocenters. The van der Waals surface area contributed by atoms with E-state index in [2.05, 4.69) is 10.3 Å². The molecular formula is C11H16N2O2. The molecule has 0 fully saturated rings. The number of ether oxygens (including phenoxy) is 1. The van der Waals surface area contributed by atoms with Crippen molar-refractivity contribution in [2.75, 3.05) is 7.11 Å². The highest BCUT2D eigenvalue weighted by atomic mass is 16.5. The fraction of sp³-hybridized carbons (Fsp3) is 0.455. The zero-order valence-corrected chi connectivity index (χ0v) is 9.28. The Morgan fingerprint density at radius 3 is 2.73 bits per heavy atom. The topological polar surface area (TPSA) is 51.2 Å². The first-order chi connectivity index (χ1) is 7.07. The smallest absolute Gasteiger partial charge is 0.212 e. The average Bonchev–Trinajstić information content (AvgIpc) is 2.18. The Morgan fingerprint density at radius 2 is 2.27 bits per heavy atom. The Morgan fingerprint density at radius 1 is 1.53 bits per heavy atom. The highest BCUT2D eigenvalue weighted by Gasteiger charge is 2.16. The Bertz CT molecular complexity index is 320. The molecule has 1 rings (SSSR count). The number of pyridine rings is 1. The van der Waals surface area contributed by atoms with Gasteiger partial charge < -0.3 is 10.1 Å². The van der Waals surface area contributed by atoms with Gasteiger partial charge in [-0.1, -0.05) is 6.07 Å². The molecule has 0 aliphatic heterocycles. The summed E-state index contributed by atoms with van der Waals surface area (Å²) in [6.07, 6.45) is 3.22. The Kier molecular flexibility index (Phi) is 3.66. The van der Waals surface area contributed by atoms with E-state index in [0.29, 0.717) is 5.88 Å². The Labute approximate surface area is 89.7 Å². The van der Waals surface area contributed by atoms with Gasteiger partial charge in [-0.2, -0.15) is 0 Å². The normalized spacial score (nSPS) is 10.9. The average molecular weight is 208 g/mol. The van der Waals surface area contributed by atoms with Crippen LogP contribution in [0.4, 0.5) is 0 Å². The highest BCUT2D eigenvalue weighted by Crippen LogP contribution is 2.13. The maximum Gasteiger partial charge on any atom is 0.212 e. The number of carbonyl (C=O) groups excluding carboxylic acids is 1. The molecule has 15 heavy (non-hydrogen) atoms. The Balaban J connectivity index is 2.68. The van der Waals surface area contributed by atoms with Crippen molar-refractivity contribution in [3.8, 4) is 5.88 Å². The van der Waals surface area contributed by atoms with Crippen LogP contribution in [0.1, 0.15) is 19.4 Å². The third-order valence-electron chi connectivity index (χ3n) is 2.10. The quantitative estimate of drug-likeness (QED) is 0.739. The van der Waals surface area contributed by atoms with E-state index in [1.54, 1.807) is 13.3 Å².